The van der Waals surface area contributed by atoms with E-state index in [1.807, 2.05) is 0 Å². The van der Waals surface area contributed by atoms with Gasteiger partial charge in [0, 0.05) is 0 Å². The molecule has 0 nitrogen and oxygen atoms in total. The van der Waals surface area contributed by atoms with Crippen LogP contribution in [0.25, 0.3) is 0 Å². The number of halogens is 3. The molecule has 0 N–H and O–H groups in total. The predicted molar refractivity (Wildman–Crippen MR) is 137 cm³/mol. The highest BCUT2D eigenvalue weighted by molar-refractivity contribution is 4.92. The van der Waals surface area contributed by atoms with Crippen LogP contribution in [0.2, 0.25) is 0 Å². The molecule has 0 heterocycles. The van der Waals surface area contributed by atoms with E-state index < -0.39 is 18.5 Å². The lowest BCUT2D eigenvalue weighted by molar-refractivity contribution is -0.0134. The van der Waals surface area contributed by atoms with Gasteiger partial charge in [0.1, 0.15) is 18.5 Å². The molecule has 198 valence electrons. The van der Waals surface area contributed by atoms with Crippen LogP contribution < -0.4 is 0 Å². The number of unbranched alkanes of at least 4 members (excludes halogenated alkanes) is 2. The van der Waals surface area contributed by atoms with Crippen LogP contribution in [0.3, 0.4) is 0 Å². The van der Waals surface area contributed by atoms with E-state index in [0.717, 1.165) is 64.2 Å². The molecule has 6 unspecified atom stereocenters. The normalized spacial score (nSPS) is 42.5. The van der Waals surface area contributed by atoms with Gasteiger partial charge in [0.25, 0.3) is 0 Å². The first-order chi connectivity index (χ1) is 16.6. The third kappa shape index (κ3) is 6.96. The molecule has 4 aliphatic carbocycles. The number of rotatable bonds is 9. The van der Waals surface area contributed by atoms with Crippen molar-refractivity contribution < 1.29 is 13.2 Å². The first kappa shape index (κ1) is 26.8. The monoisotopic (exact) mass is 482 g/mol. The Kier molecular flexibility index (Phi) is 10.6. The van der Waals surface area contributed by atoms with E-state index in [0.29, 0.717) is 29.6 Å². The van der Waals surface area contributed by atoms with Gasteiger partial charge in [-0.3, -0.25) is 0 Å². The molecule has 7 atom stereocenters. The average Bonchev–Trinajstić information content (AvgIpc) is 2.86. The highest BCUT2D eigenvalue weighted by Crippen LogP contribution is 2.47. The molecule has 0 aromatic heterocycles. The summed E-state index contributed by atoms with van der Waals surface area (Å²) < 4.78 is 45.1. The van der Waals surface area contributed by atoms with Gasteiger partial charge in [-0.2, -0.15) is 0 Å². The number of alkyl halides is 3. The summed E-state index contributed by atoms with van der Waals surface area (Å²) in [6.07, 6.45) is 19.5. The van der Waals surface area contributed by atoms with Gasteiger partial charge < -0.3 is 0 Å². The van der Waals surface area contributed by atoms with E-state index in [9.17, 15) is 0 Å². The first-order valence-corrected chi connectivity index (χ1v) is 15.5. The lowest BCUT2D eigenvalue weighted by atomic mass is 9.66. The summed E-state index contributed by atoms with van der Waals surface area (Å²) in [5.41, 5.74) is 0. The molecule has 0 saturated heterocycles. The summed E-state index contributed by atoms with van der Waals surface area (Å²) in [6.45, 7) is 2.24. The van der Waals surface area contributed by atoms with Crippen LogP contribution in [0.4, 0.5) is 13.2 Å². The molecule has 4 fully saturated rings. The molecule has 0 aromatic carbocycles. The van der Waals surface area contributed by atoms with E-state index in [4.69, 9.17) is 0 Å². The predicted octanol–water partition coefficient (Wildman–Crippen LogP) is 10.2. The highest BCUT2D eigenvalue weighted by Gasteiger charge is 2.43. The molecule has 0 aliphatic heterocycles. The van der Waals surface area contributed by atoms with Gasteiger partial charge in [-0.05, 0) is 92.8 Å². The quantitative estimate of drug-likeness (QED) is 0.287. The molecule has 4 aliphatic rings. The minimum atomic E-state index is -1.24. The minimum absolute atomic E-state index is 0.0163. The molecule has 4 saturated carbocycles. The lowest BCUT2D eigenvalue weighted by Gasteiger charge is -2.41. The smallest absolute Gasteiger partial charge is 0.134 e. The Hall–Kier alpha value is -0.210. The van der Waals surface area contributed by atoms with Gasteiger partial charge in [-0.25, -0.2) is 13.2 Å². The Balaban J connectivity index is 1.14. The molecular formula is C31H53F3. The largest absolute Gasteiger partial charge is 0.247 e. The van der Waals surface area contributed by atoms with Crippen molar-refractivity contribution in [1.82, 2.24) is 0 Å². The van der Waals surface area contributed by atoms with Crippen LogP contribution in [-0.2, 0) is 0 Å². The summed E-state index contributed by atoms with van der Waals surface area (Å²) in [4.78, 5) is 0. The molecule has 34 heavy (non-hydrogen) atoms. The molecular weight excluding hydrogens is 429 g/mol. The summed E-state index contributed by atoms with van der Waals surface area (Å²) in [5, 5.41) is 0. The van der Waals surface area contributed by atoms with Crippen molar-refractivity contribution in [2.75, 3.05) is 0 Å². The van der Waals surface area contributed by atoms with Crippen molar-refractivity contribution in [3.8, 4) is 0 Å². The Labute approximate surface area is 208 Å². The fourth-order valence-electron chi connectivity index (χ4n) is 8.63. The SMILES string of the molecule is CCCCCC1CCC(C2CCC(CCC3CCC(C4CCCCC4)C(F)[C@H]3F)CC2)C(F)C1. The molecule has 4 rings (SSSR count). The molecule has 0 aromatic rings. The van der Waals surface area contributed by atoms with Crippen molar-refractivity contribution in [3.05, 3.63) is 0 Å². The summed E-state index contributed by atoms with van der Waals surface area (Å²) >= 11 is 0. The highest BCUT2D eigenvalue weighted by atomic mass is 19.2. The van der Waals surface area contributed by atoms with Gasteiger partial charge in [-0.1, -0.05) is 84.0 Å². The second-order valence-corrected chi connectivity index (χ2v) is 13.0. The Morgan fingerprint density at radius 3 is 1.94 bits per heavy atom. The van der Waals surface area contributed by atoms with Gasteiger partial charge in [0.05, 0.1) is 0 Å². The maximum absolute atomic E-state index is 15.1. The van der Waals surface area contributed by atoms with Gasteiger partial charge in [0.15, 0.2) is 0 Å². The van der Waals surface area contributed by atoms with Crippen LogP contribution >= 0.6 is 0 Å². The van der Waals surface area contributed by atoms with E-state index in [2.05, 4.69) is 6.92 Å². The van der Waals surface area contributed by atoms with Crippen molar-refractivity contribution >= 4 is 0 Å². The lowest BCUT2D eigenvalue weighted by Crippen LogP contribution is -2.42. The molecule has 0 radical (unpaired) electrons. The number of hydrogen-bond acceptors (Lipinski definition) is 0. The van der Waals surface area contributed by atoms with Crippen molar-refractivity contribution in [2.24, 2.45) is 41.4 Å². The van der Waals surface area contributed by atoms with Crippen LogP contribution in [0.1, 0.15) is 135 Å². The van der Waals surface area contributed by atoms with Crippen LogP contribution in [0.5, 0.6) is 0 Å². The molecule has 0 bridgehead atoms. The third-order valence-electron chi connectivity index (χ3n) is 10.9. The van der Waals surface area contributed by atoms with E-state index >= 15 is 13.2 Å². The van der Waals surface area contributed by atoms with Crippen molar-refractivity contribution in [1.29, 1.82) is 0 Å². The Morgan fingerprint density at radius 1 is 0.559 bits per heavy atom. The average molecular weight is 483 g/mol. The van der Waals surface area contributed by atoms with Gasteiger partial charge in [0.2, 0.25) is 0 Å². The Morgan fingerprint density at radius 2 is 1.24 bits per heavy atom. The zero-order valence-electron chi connectivity index (χ0n) is 22.0. The van der Waals surface area contributed by atoms with Crippen LogP contribution in [-0.4, -0.2) is 18.5 Å². The van der Waals surface area contributed by atoms with Crippen molar-refractivity contribution in [3.63, 3.8) is 0 Å². The van der Waals surface area contributed by atoms with Crippen molar-refractivity contribution in [2.45, 2.75) is 154 Å². The maximum atomic E-state index is 15.1. The van der Waals surface area contributed by atoms with Crippen LogP contribution in [0.15, 0.2) is 0 Å². The second kappa shape index (κ2) is 13.4. The minimum Gasteiger partial charge on any atom is -0.247 e. The molecule has 0 amide bonds. The zero-order valence-corrected chi connectivity index (χ0v) is 22.0. The summed E-state index contributed by atoms with van der Waals surface area (Å²) in [5.74, 6) is 2.49. The zero-order chi connectivity index (χ0) is 23.9. The summed E-state index contributed by atoms with van der Waals surface area (Å²) in [6, 6.07) is 0. The van der Waals surface area contributed by atoms with E-state index in [1.165, 1.54) is 64.2 Å². The molecule has 3 heteroatoms. The third-order valence-corrected chi connectivity index (χ3v) is 10.9. The molecule has 0 spiro atoms. The fourth-order valence-corrected chi connectivity index (χ4v) is 8.63. The van der Waals surface area contributed by atoms with Crippen LogP contribution in [0, 0.1) is 41.4 Å². The second-order valence-electron chi connectivity index (χ2n) is 13.0. The maximum Gasteiger partial charge on any atom is 0.134 e. The topological polar surface area (TPSA) is 0 Å². The fraction of sp³-hybridized carbons (Fsp3) is 1.00. The first-order valence-electron chi connectivity index (χ1n) is 15.5. The summed E-state index contributed by atoms with van der Waals surface area (Å²) in [7, 11) is 0. The number of hydrogen-bond donors (Lipinski definition) is 0. The van der Waals surface area contributed by atoms with Gasteiger partial charge in [-0.15, -0.1) is 0 Å². The van der Waals surface area contributed by atoms with Gasteiger partial charge >= 0.3 is 0 Å². The Bertz CT molecular complexity index is 565. The standard InChI is InChI=1S/C31H53F3/c1-2-3-5-8-23-14-19-27(29(32)21-23)25-15-11-22(12-16-25)13-17-26-18-20-28(31(34)30(26)33)24-9-6-4-7-10-24/h22-31H,2-21H2,1H3/t22?,23?,25?,26?,27?,28?,29?,30-,31?/m0/s1. The van der Waals surface area contributed by atoms with E-state index in [-0.39, 0.29) is 11.8 Å². The van der Waals surface area contributed by atoms with E-state index in [1.54, 1.807) is 0 Å².